The van der Waals surface area contributed by atoms with Gasteiger partial charge in [0.15, 0.2) is 17.4 Å². The molecule has 1 aliphatic carbocycles. The van der Waals surface area contributed by atoms with Crippen LogP contribution >= 0.6 is 0 Å². The van der Waals surface area contributed by atoms with Gasteiger partial charge < -0.3 is 10.1 Å². The first-order valence-corrected chi connectivity index (χ1v) is 7.44. The lowest BCUT2D eigenvalue weighted by Gasteiger charge is -2.31. The monoisotopic (exact) mass is 317 g/mol. The zero-order valence-corrected chi connectivity index (χ0v) is 12.1. The SMILES string of the molecule is O=C1CCCC2=C1C(c1ccc(F)c(F)c1)C1=C(COC1=O)N2. The number of ether oxygens (including phenoxy) is 1. The number of benzene rings is 1. The summed E-state index contributed by atoms with van der Waals surface area (Å²) < 4.78 is 32.0. The van der Waals surface area contributed by atoms with Crippen molar-refractivity contribution in [1.82, 2.24) is 5.32 Å². The second kappa shape index (κ2) is 5.01. The van der Waals surface area contributed by atoms with Crippen LogP contribution in [0.3, 0.4) is 0 Å². The molecule has 0 amide bonds. The van der Waals surface area contributed by atoms with E-state index in [4.69, 9.17) is 4.74 Å². The lowest BCUT2D eigenvalue weighted by molar-refractivity contribution is -0.136. The summed E-state index contributed by atoms with van der Waals surface area (Å²) in [5.74, 6) is -3.25. The van der Waals surface area contributed by atoms with Crippen LogP contribution in [0.1, 0.15) is 30.7 Å². The highest BCUT2D eigenvalue weighted by molar-refractivity contribution is 6.04. The van der Waals surface area contributed by atoms with Gasteiger partial charge in [-0.1, -0.05) is 6.07 Å². The molecule has 1 unspecified atom stereocenters. The van der Waals surface area contributed by atoms with E-state index in [0.29, 0.717) is 35.2 Å². The summed E-state index contributed by atoms with van der Waals surface area (Å²) >= 11 is 0. The third-order valence-electron chi connectivity index (χ3n) is 4.50. The second-order valence-electron chi connectivity index (χ2n) is 5.87. The zero-order chi connectivity index (χ0) is 16.1. The molecule has 6 heteroatoms. The van der Waals surface area contributed by atoms with Crippen molar-refractivity contribution in [2.45, 2.75) is 25.2 Å². The number of allylic oxidation sites excluding steroid dienone is 2. The Morgan fingerprint density at radius 1 is 1.04 bits per heavy atom. The van der Waals surface area contributed by atoms with Gasteiger partial charge in [-0.2, -0.15) is 0 Å². The molecule has 0 radical (unpaired) electrons. The van der Waals surface area contributed by atoms with Crippen LogP contribution in [0.5, 0.6) is 0 Å². The van der Waals surface area contributed by atoms with Crippen LogP contribution in [0.25, 0.3) is 0 Å². The summed E-state index contributed by atoms with van der Waals surface area (Å²) in [6.45, 7) is 0.110. The lowest BCUT2D eigenvalue weighted by Crippen LogP contribution is -2.32. The Morgan fingerprint density at radius 2 is 1.87 bits per heavy atom. The number of cyclic esters (lactones) is 1. The minimum atomic E-state index is -1.00. The molecule has 1 aromatic rings. The Morgan fingerprint density at radius 3 is 2.65 bits per heavy atom. The summed E-state index contributed by atoms with van der Waals surface area (Å²) in [7, 11) is 0. The first-order chi connectivity index (χ1) is 11.1. The van der Waals surface area contributed by atoms with Gasteiger partial charge in [-0.25, -0.2) is 13.6 Å². The van der Waals surface area contributed by atoms with Crippen LogP contribution in [0, 0.1) is 11.6 Å². The van der Waals surface area contributed by atoms with E-state index in [2.05, 4.69) is 5.32 Å². The predicted molar refractivity (Wildman–Crippen MR) is 76.1 cm³/mol. The predicted octanol–water partition coefficient (Wildman–Crippen LogP) is 2.47. The average molecular weight is 317 g/mol. The zero-order valence-electron chi connectivity index (χ0n) is 12.1. The number of rotatable bonds is 1. The number of nitrogens with one attached hydrogen (secondary N) is 1. The maximum absolute atomic E-state index is 13.7. The Hall–Kier alpha value is -2.50. The van der Waals surface area contributed by atoms with Gasteiger partial charge in [0, 0.05) is 23.6 Å². The number of Topliss-reactive ketones (excluding diaryl/α,β-unsaturated/α-hetero) is 1. The molecule has 0 spiro atoms. The molecule has 0 fully saturated rings. The van der Waals surface area contributed by atoms with E-state index in [0.717, 1.165) is 24.3 Å². The maximum atomic E-state index is 13.7. The average Bonchev–Trinajstić information content (AvgIpc) is 2.90. The maximum Gasteiger partial charge on any atom is 0.337 e. The van der Waals surface area contributed by atoms with E-state index < -0.39 is 23.5 Å². The van der Waals surface area contributed by atoms with Crippen LogP contribution in [0.15, 0.2) is 40.7 Å². The molecule has 2 heterocycles. The normalized spacial score (nSPS) is 23.5. The highest BCUT2D eigenvalue weighted by Crippen LogP contribution is 2.44. The van der Waals surface area contributed by atoms with Gasteiger partial charge in [-0.05, 0) is 30.5 Å². The lowest BCUT2D eigenvalue weighted by atomic mass is 9.75. The van der Waals surface area contributed by atoms with E-state index in [1.807, 2.05) is 0 Å². The van der Waals surface area contributed by atoms with Crippen molar-refractivity contribution in [2.75, 3.05) is 6.61 Å². The molecule has 4 rings (SSSR count). The Labute approximate surface area is 130 Å². The van der Waals surface area contributed by atoms with E-state index in [1.54, 1.807) is 0 Å². The number of ketones is 1. The van der Waals surface area contributed by atoms with Crippen LogP contribution in [-0.2, 0) is 14.3 Å². The summed E-state index contributed by atoms with van der Waals surface area (Å²) in [5, 5.41) is 3.13. The van der Waals surface area contributed by atoms with Crippen molar-refractivity contribution in [2.24, 2.45) is 0 Å². The highest BCUT2D eigenvalue weighted by Gasteiger charge is 2.42. The number of carbonyl (C=O) groups is 2. The van der Waals surface area contributed by atoms with Gasteiger partial charge in [-0.15, -0.1) is 0 Å². The number of carbonyl (C=O) groups excluding carboxylic acids is 2. The van der Waals surface area contributed by atoms with Gasteiger partial charge in [0.05, 0.1) is 11.3 Å². The van der Waals surface area contributed by atoms with E-state index in [9.17, 15) is 18.4 Å². The molecule has 0 bridgehead atoms. The fourth-order valence-corrected chi connectivity index (χ4v) is 3.49. The summed E-state index contributed by atoms with van der Waals surface area (Å²) in [6, 6.07) is 3.48. The number of halogens is 2. The molecular formula is C17H13F2NO3. The quantitative estimate of drug-likeness (QED) is 0.809. The van der Waals surface area contributed by atoms with E-state index >= 15 is 0 Å². The fourth-order valence-electron chi connectivity index (χ4n) is 3.49. The summed E-state index contributed by atoms with van der Waals surface area (Å²) in [5.41, 5.74) is 2.55. The van der Waals surface area contributed by atoms with Gasteiger partial charge in [0.25, 0.3) is 0 Å². The van der Waals surface area contributed by atoms with Crippen LogP contribution in [0.2, 0.25) is 0 Å². The third kappa shape index (κ3) is 2.09. The molecule has 0 saturated carbocycles. The minimum absolute atomic E-state index is 0.0697. The van der Waals surface area contributed by atoms with Gasteiger partial charge in [0.2, 0.25) is 0 Å². The van der Waals surface area contributed by atoms with Gasteiger partial charge >= 0.3 is 5.97 Å². The number of hydrogen-bond donors (Lipinski definition) is 1. The number of esters is 1. The summed E-state index contributed by atoms with van der Waals surface area (Å²) in [6.07, 6.45) is 1.80. The largest absolute Gasteiger partial charge is 0.456 e. The molecule has 2 aliphatic heterocycles. The Bertz CT molecular complexity index is 810. The van der Waals surface area contributed by atoms with Crippen molar-refractivity contribution in [1.29, 1.82) is 0 Å². The number of dihydropyridines is 1. The van der Waals surface area contributed by atoms with Crippen LogP contribution in [-0.4, -0.2) is 18.4 Å². The van der Waals surface area contributed by atoms with E-state index in [1.165, 1.54) is 6.07 Å². The molecule has 118 valence electrons. The van der Waals surface area contributed by atoms with Gasteiger partial charge in [0.1, 0.15) is 6.61 Å². The molecule has 0 aromatic heterocycles. The second-order valence-corrected chi connectivity index (χ2v) is 5.87. The first-order valence-electron chi connectivity index (χ1n) is 7.44. The molecule has 23 heavy (non-hydrogen) atoms. The van der Waals surface area contributed by atoms with Crippen LogP contribution < -0.4 is 5.32 Å². The minimum Gasteiger partial charge on any atom is -0.456 e. The molecule has 4 nitrogen and oxygen atoms in total. The molecule has 3 aliphatic rings. The van der Waals surface area contributed by atoms with Crippen molar-refractivity contribution < 1.29 is 23.1 Å². The first kappa shape index (κ1) is 14.1. The third-order valence-corrected chi connectivity index (χ3v) is 4.50. The van der Waals surface area contributed by atoms with Crippen molar-refractivity contribution in [3.05, 3.63) is 57.9 Å². The highest BCUT2D eigenvalue weighted by atomic mass is 19.2. The molecule has 0 saturated heterocycles. The van der Waals surface area contributed by atoms with Crippen LogP contribution in [0.4, 0.5) is 8.78 Å². The molecular weight excluding hydrogens is 304 g/mol. The summed E-state index contributed by atoms with van der Waals surface area (Å²) in [4.78, 5) is 24.5. The fraction of sp³-hybridized carbons (Fsp3) is 0.294. The van der Waals surface area contributed by atoms with Crippen molar-refractivity contribution in [3.63, 3.8) is 0 Å². The number of hydrogen-bond acceptors (Lipinski definition) is 4. The van der Waals surface area contributed by atoms with E-state index in [-0.39, 0.29) is 12.4 Å². The smallest absolute Gasteiger partial charge is 0.337 e. The molecule has 1 aromatic carbocycles. The standard InChI is InChI=1S/C17H13F2NO3/c18-9-5-4-8(6-10(9)19)14-15-11(2-1-3-13(15)21)20-12-7-23-17(22)16(12)14/h4-6,14,20H,1-3,7H2. The molecule has 1 atom stereocenters. The Balaban J connectivity index is 1.91. The topological polar surface area (TPSA) is 55.4 Å². The molecule has 1 N–H and O–H groups in total. The van der Waals surface area contributed by atoms with Gasteiger partial charge in [-0.3, -0.25) is 4.79 Å². The Kier molecular flexibility index (Phi) is 3.07. The van der Waals surface area contributed by atoms with Crippen molar-refractivity contribution >= 4 is 11.8 Å². The van der Waals surface area contributed by atoms with Crippen molar-refractivity contribution in [3.8, 4) is 0 Å².